The van der Waals surface area contributed by atoms with Gasteiger partial charge in [-0.2, -0.15) is 0 Å². The number of halogens is 1. The lowest BCUT2D eigenvalue weighted by molar-refractivity contribution is -0.146. The summed E-state index contributed by atoms with van der Waals surface area (Å²) < 4.78 is 18.7. The summed E-state index contributed by atoms with van der Waals surface area (Å²) in [6.45, 7) is -0.539. The second-order valence-electron chi connectivity index (χ2n) is 3.94. The molecule has 94 valence electrons. The van der Waals surface area contributed by atoms with Gasteiger partial charge in [-0.15, -0.1) is 0 Å². The highest BCUT2D eigenvalue weighted by Crippen LogP contribution is 2.28. The molecule has 2 N–H and O–H groups in total. The summed E-state index contributed by atoms with van der Waals surface area (Å²) in [5.41, 5.74) is 0. The minimum atomic E-state index is -1.81. The minimum Gasteiger partial charge on any atom is -0.394 e. The Balaban J connectivity index is 2.16. The van der Waals surface area contributed by atoms with E-state index in [0.717, 1.165) is 17.2 Å². The molecule has 2 aliphatic heterocycles. The lowest BCUT2D eigenvalue weighted by Crippen LogP contribution is -2.44. The fraction of sp³-hybridized carbons (Fsp3) is 0.600. The number of hydrogen-bond donors (Lipinski definition) is 2. The van der Waals surface area contributed by atoms with Crippen molar-refractivity contribution in [3.8, 4) is 0 Å². The van der Waals surface area contributed by atoms with Crippen molar-refractivity contribution in [3.63, 3.8) is 0 Å². The molecule has 2 heterocycles. The number of aliphatic hydroxyl groups excluding tert-OH is 2. The molecule has 0 aromatic carbocycles. The molecule has 0 saturated carbocycles. The van der Waals surface area contributed by atoms with Gasteiger partial charge in [0.2, 0.25) is 5.91 Å². The molecule has 0 unspecified atom stereocenters. The monoisotopic (exact) mass is 245 g/mol. The first-order chi connectivity index (χ1) is 8.04. The topological polar surface area (TPSA) is 87.1 Å². The molecule has 0 aliphatic carbocycles. The molecule has 0 aromatic heterocycles. The highest BCUT2D eigenvalue weighted by atomic mass is 19.1. The van der Waals surface area contributed by atoms with Crippen molar-refractivity contribution < 1.29 is 28.9 Å². The van der Waals surface area contributed by atoms with E-state index >= 15 is 0 Å². The van der Waals surface area contributed by atoms with Crippen LogP contribution in [0.2, 0.25) is 0 Å². The molecule has 0 radical (unpaired) electrons. The summed E-state index contributed by atoms with van der Waals surface area (Å²) in [4.78, 5) is 23.4. The highest BCUT2D eigenvalue weighted by Gasteiger charge is 2.48. The van der Waals surface area contributed by atoms with Crippen LogP contribution in [0.15, 0.2) is 12.3 Å². The van der Waals surface area contributed by atoms with Gasteiger partial charge in [0.05, 0.1) is 13.0 Å². The Hall–Kier alpha value is -1.31. The van der Waals surface area contributed by atoms with Crippen molar-refractivity contribution in [2.45, 2.75) is 31.0 Å². The molecule has 4 atom stereocenters. The summed E-state index contributed by atoms with van der Waals surface area (Å²) in [7, 11) is 0. The van der Waals surface area contributed by atoms with Gasteiger partial charge in [0.25, 0.3) is 0 Å². The van der Waals surface area contributed by atoms with Crippen LogP contribution < -0.4 is 0 Å². The number of ether oxygens (including phenoxy) is 1. The Kier molecular flexibility index (Phi) is 3.23. The predicted molar refractivity (Wildman–Crippen MR) is 52.3 cm³/mol. The van der Waals surface area contributed by atoms with Gasteiger partial charge < -0.3 is 14.9 Å². The van der Waals surface area contributed by atoms with E-state index < -0.39 is 37.1 Å². The van der Waals surface area contributed by atoms with Gasteiger partial charge in [0.15, 0.2) is 18.2 Å². The molecule has 7 heteroatoms. The molecular formula is C10H12FNO5. The molecular weight excluding hydrogens is 233 g/mol. The zero-order valence-electron chi connectivity index (χ0n) is 8.82. The van der Waals surface area contributed by atoms with Gasteiger partial charge in [-0.25, -0.2) is 4.39 Å². The van der Waals surface area contributed by atoms with Crippen LogP contribution in [-0.4, -0.2) is 58.0 Å². The number of amides is 1. The van der Waals surface area contributed by atoms with Gasteiger partial charge in [0, 0.05) is 6.20 Å². The van der Waals surface area contributed by atoms with Crippen LogP contribution in [0.5, 0.6) is 0 Å². The Labute approximate surface area is 96.3 Å². The molecule has 2 rings (SSSR count). The second kappa shape index (κ2) is 4.52. The predicted octanol–water partition coefficient (Wildman–Crippen LogP) is -1.28. The van der Waals surface area contributed by atoms with E-state index in [2.05, 4.69) is 0 Å². The maximum atomic E-state index is 13.7. The molecule has 1 amide bonds. The summed E-state index contributed by atoms with van der Waals surface area (Å²) in [6, 6.07) is 0. The lowest BCUT2D eigenvalue weighted by atomic mass is 10.1. The fourth-order valence-corrected chi connectivity index (χ4v) is 1.85. The largest absolute Gasteiger partial charge is 0.394 e. The fourth-order valence-electron chi connectivity index (χ4n) is 1.85. The minimum absolute atomic E-state index is 0.344. The van der Waals surface area contributed by atoms with Crippen LogP contribution in [0.3, 0.4) is 0 Å². The Morgan fingerprint density at radius 1 is 1.53 bits per heavy atom. The summed E-state index contributed by atoms with van der Waals surface area (Å²) in [5, 5.41) is 18.3. The third kappa shape index (κ3) is 2.08. The second-order valence-corrected chi connectivity index (χ2v) is 3.94. The number of nitrogens with zero attached hydrogens (tertiary/aromatic N) is 1. The van der Waals surface area contributed by atoms with Crippen molar-refractivity contribution in [1.29, 1.82) is 0 Å². The number of ketones is 1. The summed E-state index contributed by atoms with van der Waals surface area (Å²) in [5.74, 6) is -0.949. The Bertz CT molecular complexity index is 372. The van der Waals surface area contributed by atoms with E-state index in [9.17, 15) is 19.1 Å². The maximum absolute atomic E-state index is 13.7. The lowest BCUT2D eigenvalue weighted by Gasteiger charge is -2.28. The smallest absolute Gasteiger partial charge is 0.236 e. The SMILES string of the molecule is O=C1C=CN([C@@H]2O[C@H](CO)[C@@H](O)[C@H]2F)C(=O)C1. The Morgan fingerprint density at radius 2 is 2.24 bits per heavy atom. The van der Waals surface area contributed by atoms with Crippen LogP contribution in [-0.2, 0) is 14.3 Å². The summed E-state index contributed by atoms with van der Waals surface area (Å²) in [6.07, 6.45) is -3.71. The highest BCUT2D eigenvalue weighted by molar-refractivity contribution is 6.06. The zero-order valence-corrected chi connectivity index (χ0v) is 8.82. The number of aliphatic hydroxyl groups is 2. The number of rotatable bonds is 2. The Morgan fingerprint density at radius 3 is 2.76 bits per heavy atom. The van der Waals surface area contributed by atoms with Crippen molar-refractivity contribution >= 4 is 11.7 Å². The van der Waals surface area contributed by atoms with Crippen LogP contribution >= 0.6 is 0 Å². The van der Waals surface area contributed by atoms with Gasteiger partial charge in [0.1, 0.15) is 12.2 Å². The number of carbonyl (C=O) groups is 2. The van der Waals surface area contributed by atoms with E-state index in [4.69, 9.17) is 9.84 Å². The first-order valence-electron chi connectivity index (χ1n) is 5.15. The molecule has 0 bridgehead atoms. The third-order valence-electron chi connectivity index (χ3n) is 2.78. The van der Waals surface area contributed by atoms with Crippen LogP contribution in [0.25, 0.3) is 0 Å². The van der Waals surface area contributed by atoms with E-state index in [1.54, 1.807) is 0 Å². The van der Waals surface area contributed by atoms with Crippen LogP contribution in [0.4, 0.5) is 4.39 Å². The van der Waals surface area contributed by atoms with Gasteiger partial charge in [-0.05, 0) is 6.08 Å². The van der Waals surface area contributed by atoms with E-state index in [1.165, 1.54) is 0 Å². The molecule has 1 saturated heterocycles. The first kappa shape index (κ1) is 12.2. The number of alkyl halides is 1. The molecule has 1 fully saturated rings. The zero-order chi connectivity index (χ0) is 12.6. The standard InChI is InChI=1S/C10H12FNO5/c11-8-9(16)6(4-13)17-10(8)12-2-1-5(14)3-7(12)15/h1-2,6,8-10,13,16H,3-4H2/t6-,8-,9-,10-/m1/s1. The normalized spacial score (nSPS) is 37.9. The molecule has 2 aliphatic rings. The van der Waals surface area contributed by atoms with Crippen molar-refractivity contribution in [2.24, 2.45) is 0 Å². The average molecular weight is 245 g/mol. The van der Waals surface area contributed by atoms with Gasteiger partial charge >= 0.3 is 0 Å². The molecule has 6 nitrogen and oxygen atoms in total. The van der Waals surface area contributed by atoms with E-state index in [-0.39, 0.29) is 12.2 Å². The first-order valence-corrected chi connectivity index (χ1v) is 5.15. The van der Waals surface area contributed by atoms with Crippen molar-refractivity contribution in [2.75, 3.05) is 6.61 Å². The van der Waals surface area contributed by atoms with Crippen LogP contribution in [0.1, 0.15) is 6.42 Å². The van der Waals surface area contributed by atoms with Gasteiger partial charge in [-0.3, -0.25) is 14.5 Å². The number of allylic oxidation sites excluding steroid dienone is 1. The number of hydrogen-bond acceptors (Lipinski definition) is 5. The van der Waals surface area contributed by atoms with Crippen molar-refractivity contribution in [1.82, 2.24) is 4.90 Å². The molecule has 0 spiro atoms. The van der Waals surface area contributed by atoms with Crippen molar-refractivity contribution in [3.05, 3.63) is 12.3 Å². The van der Waals surface area contributed by atoms with E-state index in [0.29, 0.717) is 0 Å². The average Bonchev–Trinajstić information content (AvgIpc) is 2.57. The summed E-state index contributed by atoms with van der Waals surface area (Å²) >= 11 is 0. The quantitative estimate of drug-likeness (QED) is 0.591. The molecule has 0 aromatic rings. The van der Waals surface area contributed by atoms with Crippen LogP contribution in [0, 0.1) is 0 Å². The number of carbonyl (C=O) groups excluding carboxylic acids is 2. The maximum Gasteiger partial charge on any atom is 0.236 e. The third-order valence-corrected chi connectivity index (χ3v) is 2.78. The van der Waals surface area contributed by atoms with E-state index in [1.807, 2.05) is 0 Å². The molecule has 17 heavy (non-hydrogen) atoms. The van der Waals surface area contributed by atoms with Gasteiger partial charge in [-0.1, -0.05) is 0 Å².